The van der Waals surface area contributed by atoms with Crippen LogP contribution in [0.1, 0.15) is 17.9 Å². The fourth-order valence-electron chi connectivity index (χ4n) is 1.87. The minimum absolute atomic E-state index is 0.160. The molecular weight excluding hydrogens is 294 g/mol. The molecule has 0 saturated heterocycles. The summed E-state index contributed by atoms with van der Waals surface area (Å²) in [5.41, 5.74) is 0.731. The minimum Gasteiger partial charge on any atom is -0.415 e. The zero-order chi connectivity index (χ0) is 15.5. The standard InChI is InChI=1S/C14H10F2N4O2/c15-12(16)14-19-18-13(22-14)10-6-11(21)20(17-7-10)8-9-4-2-1-3-5-9/h1-7,12H,8H2. The van der Waals surface area contributed by atoms with Gasteiger partial charge in [-0.15, -0.1) is 10.2 Å². The van der Waals surface area contributed by atoms with E-state index in [1.54, 1.807) is 0 Å². The van der Waals surface area contributed by atoms with Crippen LogP contribution < -0.4 is 5.56 Å². The lowest BCUT2D eigenvalue weighted by molar-refractivity contribution is 0.116. The zero-order valence-corrected chi connectivity index (χ0v) is 11.2. The lowest BCUT2D eigenvalue weighted by Gasteiger charge is -2.04. The van der Waals surface area contributed by atoms with E-state index in [0.717, 1.165) is 5.56 Å². The van der Waals surface area contributed by atoms with Crippen molar-refractivity contribution >= 4 is 0 Å². The summed E-state index contributed by atoms with van der Waals surface area (Å²) in [7, 11) is 0. The van der Waals surface area contributed by atoms with E-state index in [2.05, 4.69) is 15.3 Å². The SMILES string of the molecule is O=c1cc(-c2nnc(C(F)F)o2)cnn1Cc1ccccc1. The molecule has 2 aromatic heterocycles. The third-order valence-electron chi connectivity index (χ3n) is 2.92. The van der Waals surface area contributed by atoms with Gasteiger partial charge >= 0.3 is 6.43 Å². The van der Waals surface area contributed by atoms with Crippen molar-refractivity contribution in [2.45, 2.75) is 13.0 Å². The van der Waals surface area contributed by atoms with Crippen molar-refractivity contribution in [1.29, 1.82) is 0 Å². The van der Waals surface area contributed by atoms with E-state index >= 15 is 0 Å². The Kier molecular flexibility index (Phi) is 3.73. The minimum atomic E-state index is -2.85. The van der Waals surface area contributed by atoms with E-state index in [0.29, 0.717) is 6.54 Å². The molecule has 0 bridgehead atoms. The smallest absolute Gasteiger partial charge is 0.314 e. The van der Waals surface area contributed by atoms with Crippen LogP contribution in [0.3, 0.4) is 0 Å². The maximum Gasteiger partial charge on any atom is 0.314 e. The number of hydrogen-bond donors (Lipinski definition) is 0. The largest absolute Gasteiger partial charge is 0.415 e. The van der Waals surface area contributed by atoms with Crippen LogP contribution in [-0.4, -0.2) is 20.0 Å². The third kappa shape index (κ3) is 2.90. The first kappa shape index (κ1) is 14.1. The van der Waals surface area contributed by atoms with Crippen LogP contribution in [0, 0.1) is 0 Å². The first-order chi connectivity index (χ1) is 10.6. The van der Waals surface area contributed by atoms with Gasteiger partial charge in [-0.3, -0.25) is 4.79 Å². The van der Waals surface area contributed by atoms with Crippen molar-refractivity contribution in [3.63, 3.8) is 0 Å². The number of aromatic nitrogens is 4. The first-order valence-corrected chi connectivity index (χ1v) is 6.36. The quantitative estimate of drug-likeness (QED) is 0.739. The number of halogens is 2. The Hall–Kier alpha value is -2.90. The van der Waals surface area contributed by atoms with Crippen LogP contribution in [0.2, 0.25) is 0 Å². The molecule has 0 atom stereocenters. The van der Waals surface area contributed by atoms with Gasteiger partial charge in [-0.25, -0.2) is 4.68 Å². The second-order valence-electron chi connectivity index (χ2n) is 4.47. The summed E-state index contributed by atoms with van der Waals surface area (Å²) < 4.78 is 30.8. The van der Waals surface area contributed by atoms with Gasteiger partial charge in [0.1, 0.15) is 0 Å². The molecule has 0 aliphatic rings. The van der Waals surface area contributed by atoms with Crippen LogP contribution in [0.5, 0.6) is 0 Å². The van der Waals surface area contributed by atoms with E-state index in [1.807, 2.05) is 30.3 Å². The van der Waals surface area contributed by atoms with E-state index in [-0.39, 0.29) is 11.5 Å². The maximum atomic E-state index is 12.4. The Morgan fingerprint density at radius 1 is 1.18 bits per heavy atom. The van der Waals surface area contributed by atoms with Crippen molar-refractivity contribution in [1.82, 2.24) is 20.0 Å². The maximum absolute atomic E-state index is 12.4. The Labute approximate surface area is 123 Å². The van der Waals surface area contributed by atoms with Crippen molar-refractivity contribution in [2.24, 2.45) is 0 Å². The highest BCUT2D eigenvalue weighted by atomic mass is 19.3. The predicted octanol–water partition coefficient (Wildman–Crippen LogP) is 2.28. The average molecular weight is 304 g/mol. The monoisotopic (exact) mass is 304 g/mol. The van der Waals surface area contributed by atoms with Gasteiger partial charge in [0.15, 0.2) is 0 Å². The molecule has 22 heavy (non-hydrogen) atoms. The lowest BCUT2D eigenvalue weighted by Crippen LogP contribution is -2.22. The van der Waals surface area contributed by atoms with Crippen molar-refractivity contribution in [3.05, 3.63) is 64.4 Å². The molecule has 112 valence electrons. The fraction of sp³-hybridized carbons (Fsp3) is 0.143. The average Bonchev–Trinajstić information content (AvgIpc) is 3.00. The molecule has 0 unspecified atom stereocenters. The van der Waals surface area contributed by atoms with Crippen LogP contribution >= 0.6 is 0 Å². The van der Waals surface area contributed by atoms with Crippen LogP contribution in [-0.2, 0) is 6.54 Å². The van der Waals surface area contributed by atoms with Crippen molar-refractivity contribution in [2.75, 3.05) is 0 Å². The van der Waals surface area contributed by atoms with Crippen LogP contribution in [0.4, 0.5) is 8.78 Å². The van der Waals surface area contributed by atoms with E-state index in [4.69, 9.17) is 4.42 Å². The highest BCUT2D eigenvalue weighted by Gasteiger charge is 2.17. The van der Waals surface area contributed by atoms with Crippen LogP contribution in [0.25, 0.3) is 11.5 Å². The Balaban J connectivity index is 1.87. The molecular formula is C14H10F2N4O2. The summed E-state index contributed by atoms with van der Waals surface area (Å²) in [6.45, 7) is 0.312. The molecule has 8 heteroatoms. The molecule has 0 amide bonds. The summed E-state index contributed by atoms with van der Waals surface area (Å²) in [5.74, 6) is -0.949. The van der Waals surface area contributed by atoms with E-state index < -0.39 is 17.9 Å². The Morgan fingerprint density at radius 2 is 1.95 bits per heavy atom. The van der Waals surface area contributed by atoms with Crippen molar-refractivity contribution in [3.8, 4) is 11.5 Å². The van der Waals surface area contributed by atoms with Gasteiger partial charge in [-0.05, 0) is 5.56 Å². The normalized spacial score (nSPS) is 11.0. The second kappa shape index (κ2) is 5.84. The fourth-order valence-corrected chi connectivity index (χ4v) is 1.87. The van der Waals surface area contributed by atoms with E-state index in [1.165, 1.54) is 16.9 Å². The molecule has 3 aromatic rings. The van der Waals surface area contributed by atoms with Crippen molar-refractivity contribution < 1.29 is 13.2 Å². The molecule has 0 aliphatic heterocycles. The van der Waals surface area contributed by atoms with Gasteiger partial charge in [0.05, 0.1) is 18.3 Å². The Morgan fingerprint density at radius 3 is 2.59 bits per heavy atom. The molecule has 0 fully saturated rings. The summed E-state index contributed by atoms with van der Waals surface area (Å²) in [5, 5.41) is 10.7. The van der Waals surface area contributed by atoms with Gasteiger partial charge in [-0.1, -0.05) is 30.3 Å². The first-order valence-electron chi connectivity index (χ1n) is 6.36. The molecule has 0 aliphatic carbocycles. The van der Waals surface area contributed by atoms with Gasteiger partial charge in [0.25, 0.3) is 11.4 Å². The third-order valence-corrected chi connectivity index (χ3v) is 2.92. The topological polar surface area (TPSA) is 73.8 Å². The number of nitrogens with zero attached hydrogens (tertiary/aromatic N) is 4. The molecule has 3 rings (SSSR count). The molecule has 1 aromatic carbocycles. The van der Waals surface area contributed by atoms with Gasteiger partial charge in [0.2, 0.25) is 5.89 Å². The second-order valence-corrected chi connectivity index (χ2v) is 4.47. The molecule has 6 nitrogen and oxygen atoms in total. The van der Waals surface area contributed by atoms with Gasteiger partial charge in [0, 0.05) is 6.07 Å². The number of hydrogen-bond acceptors (Lipinski definition) is 5. The highest BCUT2D eigenvalue weighted by molar-refractivity contribution is 5.49. The number of rotatable bonds is 4. The van der Waals surface area contributed by atoms with Crippen LogP contribution in [0.15, 0.2) is 51.8 Å². The highest BCUT2D eigenvalue weighted by Crippen LogP contribution is 2.21. The lowest BCUT2D eigenvalue weighted by atomic mass is 10.2. The summed E-state index contributed by atoms with van der Waals surface area (Å²) in [6, 6.07) is 10.6. The summed E-state index contributed by atoms with van der Waals surface area (Å²) in [6.07, 6.45) is -1.53. The predicted molar refractivity (Wildman–Crippen MR) is 72.3 cm³/mol. The Bertz CT molecular complexity index is 830. The molecule has 2 heterocycles. The molecule has 0 radical (unpaired) electrons. The molecule has 0 saturated carbocycles. The van der Waals surface area contributed by atoms with Gasteiger partial charge in [-0.2, -0.15) is 13.9 Å². The zero-order valence-electron chi connectivity index (χ0n) is 11.2. The van der Waals surface area contributed by atoms with Gasteiger partial charge < -0.3 is 4.42 Å². The summed E-state index contributed by atoms with van der Waals surface area (Å²) in [4.78, 5) is 12.0. The molecule has 0 spiro atoms. The van der Waals surface area contributed by atoms with E-state index in [9.17, 15) is 13.6 Å². The number of alkyl halides is 2. The molecule has 0 N–H and O–H groups in total. The summed E-state index contributed by atoms with van der Waals surface area (Å²) >= 11 is 0. The number of benzene rings is 1.